The molecule has 0 aromatic rings. The smallest absolute Gasteiger partial charge is 0.306 e. The van der Waals surface area contributed by atoms with Crippen LogP contribution in [0.1, 0.15) is 271 Å². The van der Waals surface area contributed by atoms with E-state index in [1.165, 1.54) is 154 Å². The standard InChI is InChI=1S/C54H98O6/c1-4-7-10-13-16-19-22-24-25-26-27-28-29-31-32-35-38-41-44-47-53(56)59-50-51(49-58-52(55)46-43-40-37-34-21-18-15-12-9-6-3)60-54(57)48-45-42-39-36-33-30-23-20-17-14-11-8-5-2/h16,19,24-25,27-28,51H,4-15,17-18,20-23,26,29-50H2,1-3H3/b19-16-,25-24-,28-27-. The molecule has 0 aromatic heterocycles. The Morgan fingerprint density at radius 3 is 0.967 bits per heavy atom. The quantitative estimate of drug-likeness (QED) is 0.0263. The SMILES string of the molecule is CCCCC/C=C\C/C=C\C/C=C\CCCCCCCCC(=O)OCC(COC(=O)CCCCCCCCCCCC)OC(=O)CCCCCCCCCCCCCCC. The van der Waals surface area contributed by atoms with E-state index in [9.17, 15) is 14.4 Å². The molecular formula is C54H98O6. The van der Waals surface area contributed by atoms with Crippen molar-refractivity contribution in [2.75, 3.05) is 13.2 Å². The molecule has 60 heavy (non-hydrogen) atoms. The number of unbranched alkanes of at least 4 members (excludes halogenated alkanes) is 30. The van der Waals surface area contributed by atoms with Gasteiger partial charge in [-0.25, -0.2) is 0 Å². The Morgan fingerprint density at radius 2 is 0.600 bits per heavy atom. The number of allylic oxidation sites excluding steroid dienone is 6. The second-order valence-electron chi connectivity index (χ2n) is 17.4. The minimum Gasteiger partial charge on any atom is -0.462 e. The van der Waals surface area contributed by atoms with Crippen molar-refractivity contribution in [2.24, 2.45) is 0 Å². The Labute approximate surface area is 372 Å². The van der Waals surface area contributed by atoms with Crippen molar-refractivity contribution in [1.82, 2.24) is 0 Å². The van der Waals surface area contributed by atoms with Gasteiger partial charge in [0.15, 0.2) is 6.10 Å². The number of hydrogen-bond acceptors (Lipinski definition) is 6. The van der Waals surface area contributed by atoms with Crippen LogP contribution in [0.5, 0.6) is 0 Å². The number of hydrogen-bond donors (Lipinski definition) is 0. The Morgan fingerprint density at radius 1 is 0.333 bits per heavy atom. The molecule has 1 atom stereocenters. The van der Waals surface area contributed by atoms with Crippen LogP contribution in [-0.2, 0) is 28.6 Å². The molecule has 0 fully saturated rings. The largest absolute Gasteiger partial charge is 0.462 e. The Bertz CT molecular complexity index is 1020. The highest BCUT2D eigenvalue weighted by atomic mass is 16.6. The van der Waals surface area contributed by atoms with Crippen LogP contribution in [0, 0.1) is 0 Å². The molecule has 6 heteroatoms. The van der Waals surface area contributed by atoms with Gasteiger partial charge in [0.2, 0.25) is 0 Å². The zero-order valence-corrected chi connectivity index (χ0v) is 40.0. The van der Waals surface area contributed by atoms with Crippen molar-refractivity contribution >= 4 is 17.9 Å². The summed E-state index contributed by atoms with van der Waals surface area (Å²) in [6.45, 7) is 6.60. The highest BCUT2D eigenvalue weighted by Crippen LogP contribution is 2.15. The monoisotopic (exact) mass is 843 g/mol. The molecule has 0 spiro atoms. The van der Waals surface area contributed by atoms with Crippen molar-refractivity contribution in [3.05, 3.63) is 36.5 Å². The summed E-state index contributed by atoms with van der Waals surface area (Å²) in [5, 5.41) is 0. The molecule has 0 radical (unpaired) electrons. The third-order valence-electron chi connectivity index (χ3n) is 11.4. The van der Waals surface area contributed by atoms with Crippen LogP contribution in [-0.4, -0.2) is 37.2 Å². The summed E-state index contributed by atoms with van der Waals surface area (Å²) in [6.07, 6.45) is 56.9. The molecule has 0 aliphatic carbocycles. The van der Waals surface area contributed by atoms with Crippen LogP contribution in [0.15, 0.2) is 36.5 Å². The lowest BCUT2D eigenvalue weighted by molar-refractivity contribution is -0.167. The fourth-order valence-electron chi connectivity index (χ4n) is 7.45. The molecular weight excluding hydrogens is 745 g/mol. The van der Waals surface area contributed by atoms with Crippen LogP contribution < -0.4 is 0 Å². The molecule has 0 amide bonds. The van der Waals surface area contributed by atoms with Gasteiger partial charge >= 0.3 is 17.9 Å². The third kappa shape index (κ3) is 46.7. The Kier molecular flexibility index (Phi) is 47.3. The van der Waals surface area contributed by atoms with Crippen LogP contribution in [0.3, 0.4) is 0 Å². The topological polar surface area (TPSA) is 78.9 Å². The number of esters is 3. The van der Waals surface area contributed by atoms with Crippen molar-refractivity contribution in [1.29, 1.82) is 0 Å². The van der Waals surface area contributed by atoms with Crippen molar-refractivity contribution < 1.29 is 28.6 Å². The predicted octanol–water partition coefficient (Wildman–Crippen LogP) is 16.9. The zero-order valence-electron chi connectivity index (χ0n) is 40.0. The van der Waals surface area contributed by atoms with E-state index in [0.717, 1.165) is 77.0 Å². The summed E-state index contributed by atoms with van der Waals surface area (Å²) in [5.74, 6) is -0.876. The van der Waals surface area contributed by atoms with Gasteiger partial charge in [-0.05, 0) is 57.8 Å². The average Bonchev–Trinajstić information content (AvgIpc) is 3.24. The first-order valence-electron chi connectivity index (χ1n) is 26.0. The van der Waals surface area contributed by atoms with E-state index in [-0.39, 0.29) is 31.1 Å². The van der Waals surface area contributed by atoms with E-state index in [0.29, 0.717) is 19.3 Å². The summed E-state index contributed by atoms with van der Waals surface area (Å²) >= 11 is 0. The number of ether oxygens (including phenoxy) is 3. The van der Waals surface area contributed by atoms with Gasteiger partial charge in [0.1, 0.15) is 13.2 Å². The third-order valence-corrected chi connectivity index (χ3v) is 11.4. The second-order valence-corrected chi connectivity index (χ2v) is 17.4. The van der Waals surface area contributed by atoms with Crippen molar-refractivity contribution in [3.63, 3.8) is 0 Å². The highest BCUT2D eigenvalue weighted by Gasteiger charge is 2.19. The lowest BCUT2D eigenvalue weighted by Crippen LogP contribution is -2.30. The fraction of sp³-hybridized carbons (Fsp3) is 0.833. The zero-order chi connectivity index (χ0) is 43.7. The second kappa shape index (κ2) is 49.3. The molecule has 0 saturated heterocycles. The maximum absolute atomic E-state index is 12.8. The normalized spacial score (nSPS) is 12.2. The number of carbonyl (C=O) groups excluding carboxylic acids is 3. The lowest BCUT2D eigenvalue weighted by Gasteiger charge is -2.18. The van der Waals surface area contributed by atoms with Gasteiger partial charge in [-0.1, -0.05) is 231 Å². The maximum atomic E-state index is 12.8. The summed E-state index contributed by atoms with van der Waals surface area (Å²) < 4.78 is 16.8. The van der Waals surface area contributed by atoms with Gasteiger partial charge in [0, 0.05) is 19.3 Å². The van der Waals surface area contributed by atoms with Gasteiger partial charge in [-0.2, -0.15) is 0 Å². The molecule has 0 saturated carbocycles. The van der Waals surface area contributed by atoms with Gasteiger partial charge < -0.3 is 14.2 Å². The van der Waals surface area contributed by atoms with E-state index in [2.05, 4.69) is 57.2 Å². The molecule has 0 N–H and O–H groups in total. The predicted molar refractivity (Wildman–Crippen MR) is 256 cm³/mol. The first-order valence-corrected chi connectivity index (χ1v) is 26.0. The number of rotatable bonds is 47. The highest BCUT2D eigenvalue weighted by molar-refractivity contribution is 5.71. The summed E-state index contributed by atoms with van der Waals surface area (Å²) in [4.78, 5) is 37.9. The molecule has 0 aliphatic heterocycles. The summed E-state index contributed by atoms with van der Waals surface area (Å²) in [5.41, 5.74) is 0. The van der Waals surface area contributed by atoms with Crippen LogP contribution in [0.2, 0.25) is 0 Å². The van der Waals surface area contributed by atoms with E-state index in [4.69, 9.17) is 14.2 Å². The average molecular weight is 843 g/mol. The number of carbonyl (C=O) groups is 3. The van der Waals surface area contributed by atoms with Crippen LogP contribution >= 0.6 is 0 Å². The van der Waals surface area contributed by atoms with E-state index in [1.807, 2.05) is 0 Å². The Hall–Kier alpha value is -2.37. The van der Waals surface area contributed by atoms with Gasteiger partial charge in [0.05, 0.1) is 0 Å². The molecule has 0 bridgehead atoms. The molecule has 0 aromatic carbocycles. The van der Waals surface area contributed by atoms with E-state index in [1.54, 1.807) is 0 Å². The van der Waals surface area contributed by atoms with Crippen LogP contribution in [0.4, 0.5) is 0 Å². The first kappa shape index (κ1) is 57.6. The summed E-state index contributed by atoms with van der Waals surface area (Å²) in [7, 11) is 0. The van der Waals surface area contributed by atoms with E-state index < -0.39 is 6.10 Å². The molecule has 6 nitrogen and oxygen atoms in total. The van der Waals surface area contributed by atoms with Crippen LogP contribution in [0.25, 0.3) is 0 Å². The molecule has 1 unspecified atom stereocenters. The van der Waals surface area contributed by atoms with Gasteiger partial charge in [-0.3, -0.25) is 14.4 Å². The fourth-order valence-corrected chi connectivity index (χ4v) is 7.45. The van der Waals surface area contributed by atoms with Crippen molar-refractivity contribution in [2.45, 2.75) is 277 Å². The van der Waals surface area contributed by atoms with Gasteiger partial charge in [-0.15, -0.1) is 0 Å². The Balaban J connectivity index is 4.32. The maximum Gasteiger partial charge on any atom is 0.306 e. The molecule has 0 rings (SSSR count). The summed E-state index contributed by atoms with van der Waals surface area (Å²) in [6, 6.07) is 0. The lowest BCUT2D eigenvalue weighted by atomic mass is 10.0. The minimum absolute atomic E-state index is 0.0725. The molecule has 350 valence electrons. The van der Waals surface area contributed by atoms with Crippen molar-refractivity contribution in [3.8, 4) is 0 Å². The molecule has 0 aliphatic rings. The first-order chi connectivity index (χ1) is 29.5. The van der Waals surface area contributed by atoms with E-state index >= 15 is 0 Å². The minimum atomic E-state index is -0.771. The van der Waals surface area contributed by atoms with Gasteiger partial charge in [0.25, 0.3) is 0 Å². The molecule has 0 heterocycles.